The minimum Gasteiger partial charge on any atom is -0.369 e. The number of rotatable bonds is 6. The molecule has 0 fully saturated rings. The summed E-state index contributed by atoms with van der Waals surface area (Å²) in [6.07, 6.45) is 1.64. The van der Waals surface area contributed by atoms with Crippen LogP contribution >= 0.6 is 15.9 Å². The summed E-state index contributed by atoms with van der Waals surface area (Å²) in [6, 6.07) is 14.4. The molecule has 3 aromatic rings. The van der Waals surface area contributed by atoms with Gasteiger partial charge in [0.25, 0.3) is 0 Å². The molecule has 0 spiro atoms. The molecule has 0 aliphatic carbocycles. The summed E-state index contributed by atoms with van der Waals surface area (Å²) >= 11 is 3.41. The van der Waals surface area contributed by atoms with E-state index in [1.807, 2.05) is 29.2 Å². The lowest BCUT2D eigenvalue weighted by Gasteiger charge is -2.21. The predicted octanol–water partition coefficient (Wildman–Crippen LogP) is 3.62. The Balaban J connectivity index is 1.89. The second kappa shape index (κ2) is 7.72. The fraction of sp³-hybridized carbons (Fsp3) is 0.158. The van der Waals surface area contributed by atoms with Crippen LogP contribution < -0.4 is 5.73 Å². The molecule has 4 nitrogen and oxygen atoms in total. The highest BCUT2D eigenvalue weighted by Crippen LogP contribution is 2.22. The van der Waals surface area contributed by atoms with Crippen LogP contribution in [-0.2, 0) is 17.9 Å². The van der Waals surface area contributed by atoms with E-state index in [0.717, 1.165) is 15.6 Å². The van der Waals surface area contributed by atoms with Gasteiger partial charge in [0.05, 0.1) is 12.1 Å². The zero-order chi connectivity index (χ0) is 17.8. The molecule has 25 heavy (non-hydrogen) atoms. The third-order valence-corrected chi connectivity index (χ3v) is 4.42. The molecule has 0 radical (unpaired) electrons. The number of carbonyl (C=O) groups is 1. The van der Waals surface area contributed by atoms with Crippen molar-refractivity contribution in [2.45, 2.75) is 13.1 Å². The summed E-state index contributed by atoms with van der Waals surface area (Å²) in [4.78, 5) is 17.7. The number of pyridine rings is 1. The normalized spacial score (nSPS) is 11.2. The number of nitrogens with two attached hydrogens (primary N) is 1. The Kier molecular flexibility index (Phi) is 5.40. The Morgan fingerprint density at radius 1 is 1.12 bits per heavy atom. The first-order valence-electron chi connectivity index (χ1n) is 7.80. The van der Waals surface area contributed by atoms with Gasteiger partial charge in [-0.3, -0.25) is 14.7 Å². The van der Waals surface area contributed by atoms with Gasteiger partial charge in [-0.15, -0.1) is 0 Å². The molecule has 0 saturated carbocycles. The molecule has 6 heteroatoms. The maximum absolute atomic E-state index is 14.0. The molecule has 1 aromatic heterocycles. The molecule has 1 amide bonds. The lowest BCUT2D eigenvalue weighted by molar-refractivity contribution is -0.119. The highest BCUT2D eigenvalue weighted by Gasteiger charge is 2.14. The second-order valence-corrected chi connectivity index (χ2v) is 6.76. The smallest absolute Gasteiger partial charge is 0.231 e. The Labute approximate surface area is 153 Å². The molecule has 0 aliphatic heterocycles. The number of hydrogen-bond acceptors (Lipinski definition) is 3. The summed E-state index contributed by atoms with van der Waals surface area (Å²) < 4.78 is 15.0. The summed E-state index contributed by atoms with van der Waals surface area (Å²) in [5.41, 5.74) is 7.92. The first kappa shape index (κ1) is 17.5. The Morgan fingerprint density at radius 3 is 2.60 bits per heavy atom. The molecular formula is C19H17BrFN3O. The standard InChI is InChI=1S/C19H17BrFN3O/c20-15-6-3-13(4-7-15)10-24(12-18(22)25)11-14-5-8-17(21)16-2-1-9-23-19(14)16/h1-9H,10-12H2,(H2,22,25). The van der Waals surface area contributed by atoms with E-state index in [-0.39, 0.29) is 12.4 Å². The Hall–Kier alpha value is -2.31. The minimum absolute atomic E-state index is 0.113. The van der Waals surface area contributed by atoms with Gasteiger partial charge in [0.1, 0.15) is 5.82 Å². The van der Waals surface area contributed by atoms with E-state index in [9.17, 15) is 9.18 Å². The van der Waals surface area contributed by atoms with E-state index in [4.69, 9.17) is 5.73 Å². The van der Waals surface area contributed by atoms with Gasteiger partial charge in [0.15, 0.2) is 0 Å². The van der Waals surface area contributed by atoms with Gasteiger partial charge in [-0.05, 0) is 41.5 Å². The van der Waals surface area contributed by atoms with Gasteiger partial charge in [-0.25, -0.2) is 4.39 Å². The van der Waals surface area contributed by atoms with Crippen LogP contribution in [0.2, 0.25) is 0 Å². The van der Waals surface area contributed by atoms with Crippen molar-refractivity contribution in [1.29, 1.82) is 0 Å². The van der Waals surface area contributed by atoms with Crippen LogP contribution in [0.1, 0.15) is 11.1 Å². The summed E-state index contributed by atoms with van der Waals surface area (Å²) in [5.74, 6) is -0.710. The van der Waals surface area contributed by atoms with Crippen molar-refractivity contribution < 1.29 is 9.18 Å². The largest absolute Gasteiger partial charge is 0.369 e. The molecule has 0 unspecified atom stereocenters. The number of fused-ring (bicyclic) bond motifs is 1. The molecule has 3 rings (SSSR count). The van der Waals surface area contributed by atoms with Gasteiger partial charge >= 0.3 is 0 Å². The first-order valence-corrected chi connectivity index (χ1v) is 8.59. The SMILES string of the molecule is NC(=O)CN(Cc1ccc(Br)cc1)Cc1ccc(F)c2cccnc12. The van der Waals surface area contributed by atoms with Gasteiger partial charge in [-0.2, -0.15) is 0 Å². The Morgan fingerprint density at radius 2 is 1.88 bits per heavy atom. The molecule has 1 heterocycles. The van der Waals surface area contributed by atoms with Gasteiger partial charge < -0.3 is 5.73 Å². The van der Waals surface area contributed by atoms with Crippen LogP contribution in [0, 0.1) is 5.82 Å². The van der Waals surface area contributed by atoms with Crippen LogP contribution in [-0.4, -0.2) is 22.3 Å². The van der Waals surface area contributed by atoms with Crippen LogP contribution in [0.4, 0.5) is 4.39 Å². The minimum atomic E-state index is -0.406. The van der Waals surface area contributed by atoms with E-state index in [1.54, 1.807) is 24.4 Å². The fourth-order valence-electron chi connectivity index (χ4n) is 2.80. The van der Waals surface area contributed by atoms with Gasteiger partial charge in [0, 0.05) is 29.1 Å². The summed E-state index contributed by atoms with van der Waals surface area (Å²) in [5, 5.41) is 0.475. The quantitative estimate of drug-likeness (QED) is 0.685. The van der Waals surface area contributed by atoms with Gasteiger partial charge in [0.2, 0.25) is 5.91 Å². The van der Waals surface area contributed by atoms with Crippen molar-refractivity contribution in [3.63, 3.8) is 0 Å². The van der Waals surface area contributed by atoms with Crippen LogP contribution in [0.3, 0.4) is 0 Å². The summed E-state index contributed by atoms with van der Waals surface area (Å²) in [6.45, 7) is 1.12. The molecule has 128 valence electrons. The number of nitrogens with zero attached hydrogens (tertiary/aromatic N) is 2. The number of benzene rings is 2. The van der Waals surface area contributed by atoms with Crippen molar-refractivity contribution in [2.24, 2.45) is 5.73 Å². The lowest BCUT2D eigenvalue weighted by Crippen LogP contribution is -2.33. The van der Waals surface area contributed by atoms with E-state index < -0.39 is 5.91 Å². The maximum atomic E-state index is 14.0. The molecule has 0 atom stereocenters. The monoisotopic (exact) mass is 401 g/mol. The molecular weight excluding hydrogens is 385 g/mol. The zero-order valence-electron chi connectivity index (χ0n) is 13.5. The molecule has 2 aromatic carbocycles. The molecule has 2 N–H and O–H groups in total. The van der Waals surface area contributed by atoms with E-state index in [1.165, 1.54) is 6.07 Å². The average molecular weight is 402 g/mol. The number of aromatic nitrogens is 1. The maximum Gasteiger partial charge on any atom is 0.231 e. The summed E-state index contributed by atoms with van der Waals surface area (Å²) in [7, 11) is 0. The van der Waals surface area contributed by atoms with Crippen LogP contribution in [0.15, 0.2) is 59.2 Å². The van der Waals surface area contributed by atoms with Crippen molar-refractivity contribution in [1.82, 2.24) is 9.88 Å². The number of amides is 1. The molecule has 0 aliphatic rings. The third kappa shape index (κ3) is 4.41. The third-order valence-electron chi connectivity index (χ3n) is 3.89. The number of primary amides is 1. The number of hydrogen-bond donors (Lipinski definition) is 1. The van der Waals surface area contributed by atoms with E-state index >= 15 is 0 Å². The highest BCUT2D eigenvalue weighted by molar-refractivity contribution is 9.10. The topological polar surface area (TPSA) is 59.2 Å². The van der Waals surface area contributed by atoms with Crippen LogP contribution in [0.5, 0.6) is 0 Å². The lowest BCUT2D eigenvalue weighted by atomic mass is 10.1. The van der Waals surface area contributed by atoms with Crippen molar-refractivity contribution in [3.8, 4) is 0 Å². The van der Waals surface area contributed by atoms with Crippen LogP contribution in [0.25, 0.3) is 10.9 Å². The van der Waals surface area contributed by atoms with E-state index in [2.05, 4.69) is 20.9 Å². The zero-order valence-corrected chi connectivity index (χ0v) is 15.0. The van der Waals surface area contributed by atoms with Crippen molar-refractivity contribution in [3.05, 3.63) is 76.1 Å². The highest BCUT2D eigenvalue weighted by atomic mass is 79.9. The number of carbonyl (C=O) groups excluding carboxylic acids is 1. The average Bonchev–Trinajstić information content (AvgIpc) is 2.59. The van der Waals surface area contributed by atoms with E-state index in [0.29, 0.717) is 24.0 Å². The second-order valence-electron chi connectivity index (χ2n) is 5.84. The molecule has 0 saturated heterocycles. The van der Waals surface area contributed by atoms with Crippen molar-refractivity contribution in [2.75, 3.05) is 6.54 Å². The van der Waals surface area contributed by atoms with Gasteiger partial charge in [-0.1, -0.05) is 34.1 Å². The predicted molar refractivity (Wildman–Crippen MR) is 99.2 cm³/mol. The molecule has 0 bridgehead atoms. The Bertz CT molecular complexity index is 899. The first-order chi connectivity index (χ1) is 12.0. The fourth-order valence-corrected chi connectivity index (χ4v) is 3.07. The number of halogens is 2. The van der Waals surface area contributed by atoms with Crippen molar-refractivity contribution >= 4 is 32.7 Å².